The lowest BCUT2D eigenvalue weighted by Crippen LogP contribution is -2.31. The molecule has 2 aliphatic rings. The van der Waals surface area contributed by atoms with Gasteiger partial charge in [0.05, 0.1) is 28.5 Å². The van der Waals surface area contributed by atoms with E-state index >= 15 is 0 Å². The zero-order chi connectivity index (χ0) is 16.0. The summed E-state index contributed by atoms with van der Waals surface area (Å²) in [5.74, 6) is -2.10. The van der Waals surface area contributed by atoms with Crippen LogP contribution in [0.4, 0.5) is 11.4 Å². The highest BCUT2D eigenvalue weighted by molar-refractivity contribution is 6.23. The summed E-state index contributed by atoms with van der Waals surface area (Å²) >= 11 is 0. The summed E-state index contributed by atoms with van der Waals surface area (Å²) in [6.45, 7) is 1.87. The normalized spacial score (nSPS) is 27.1. The van der Waals surface area contributed by atoms with Gasteiger partial charge in [0.1, 0.15) is 5.75 Å². The first kappa shape index (κ1) is 14.2. The van der Waals surface area contributed by atoms with Gasteiger partial charge in [-0.2, -0.15) is 0 Å². The summed E-state index contributed by atoms with van der Waals surface area (Å²) in [5.41, 5.74) is -0.296. The monoisotopic (exact) mass is 302 g/mol. The highest BCUT2D eigenvalue weighted by Gasteiger charge is 2.51. The number of aromatic hydroxyl groups is 1. The van der Waals surface area contributed by atoms with Crippen molar-refractivity contribution in [3.63, 3.8) is 0 Å². The molecule has 1 aliphatic heterocycles. The van der Waals surface area contributed by atoms with E-state index in [1.54, 1.807) is 0 Å². The summed E-state index contributed by atoms with van der Waals surface area (Å²) < 4.78 is 0. The Kier molecular flexibility index (Phi) is 3.20. The molecule has 1 fully saturated rings. The van der Waals surface area contributed by atoms with Crippen LogP contribution < -0.4 is 4.90 Å². The molecule has 1 N–H and O–H groups in total. The first-order chi connectivity index (χ1) is 10.4. The molecule has 3 rings (SSSR count). The maximum atomic E-state index is 12.6. The minimum Gasteiger partial charge on any atom is -0.505 e. The second-order valence-corrected chi connectivity index (χ2v) is 5.60. The summed E-state index contributed by atoms with van der Waals surface area (Å²) in [4.78, 5) is 36.1. The highest BCUT2D eigenvalue weighted by atomic mass is 16.6. The Labute approximate surface area is 126 Å². The van der Waals surface area contributed by atoms with Crippen LogP contribution in [-0.2, 0) is 9.59 Å². The quantitative estimate of drug-likeness (QED) is 0.390. The molecule has 7 nitrogen and oxygen atoms in total. The van der Waals surface area contributed by atoms with Gasteiger partial charge in [-0.05, 0) is 18.4 Å². The molecule has 22 heavy (non-hydrogen) atoms. The standard InChI is InChI=1S/C15H14N2O5/c1-8-3-2-4-10-13(8)15(20)16(14(10)19)11-6-5-9(17(21)22)7-12(11)18/h2-3,5-8,10,13,18H,4H2,1H3. The minimum atomic E-state index is -0.650. The fourth-order valence-electron chi connectivity index (χ4n) is 3.20. The van der Waals surface area contributed by atoms with Gasteiger partial charge in [-0.1, -0.05) is 19.1 Å². The van der Waals surface area contributed by atoms with E-state index in [1.165, 1.54) is 12.1 Å². The largest absolute Gasteiger partial charge is 0.505 e. The van der Waals surface area contributed by atoms with Crippen LogP contribution in [0, 0.1) is 27.9 Å². The van der Waals surface area contributed by atoms with Crippen LogP contribution in [0.25, 0.3) is 0 Å². The van der Waals surface area contributed by atoms with E-state index in [-0.39, 0.29) is 29.1 Å². The number of benzene rings is 1. The number of anilines is 1. The molecule has 1 aliphatic carbocycles. The number of allylic oxidation sites excluding steroid dienone is 2. The van der Waals surface area contributed by atoms with E-state index in [0.29, 0.717) is 6.42 Å². The summed E-state index contributed by atoms with van der Waals surface area (Å²) in [7, 11) is 0. The molecule has 2 amide bonds. The number of imide groups is 1. The van der Waals surface area contributed by atoms with E-state index in [2.05, 4.69) is 0 Å². The topological polar surface area (TPSA) is 101 Å². The van der Waals surface area contributed by atoms with Crippen molar-refractivity contribution in [3.8, 4) is 5.75 Å². The number of hydrogen-bond donors (Lipinski definition) is 1. The first-order valence-corrected chi connectivity index (χ1v) is 6.93. The Morgan fingerprint density at radius 1 is 1.32 bits per heavy atom. The maximum Gasteiger partial charge on any atom is 0.273 e. The van der Waals surface area contributed by atoms with Gasteiger partial charge in [0.2, 0.25) is 11.8 Å². The zero-order valence-corrected chi connectivity index (χ0v) is 11.8. The Hall–Kier alpha value is -2.70. The van der Waals surface area contributed by atoms with Crippen molar-refractivity contribution < 1.29 is 19.6 Å². The van der Waals surface area contributed by atoms with Gasteiger partial charge in [0.15, 0.2) is 0 Å². The van der Waals surface area contributed by atoms with Gasteiger partial charge in [-0.3, -0.25) is 19.7 Å². The van der Waals surface area contributed by atoms with Crippen LogP contribution in [-0.4, -0.2) is 21.8 Å². The van der Waals surface area contributed by atoms with Gasteiger partial charge in [0.25, 0.3) is 5.69 Å². The number of phenols is 1. The zero-order valence-electron chi connectivity index (χ0n) is 11.8. The van der Waals surface area contributed by atoms with Crippen LogP contribution in [0.2, 0.25) is 0 Å². The Balaban J connectivity index is 2.01. The van der Waals surface area contributed by atoms with Gasteiger partial charge in [-0.25, -0.2) is 4.90 Å². The average molecular weight is 302 g/mol. The molecular formula is C15H14N2O5. The molecule has 3 atom stereocenters. The van der Waals surface area contributed by atoms with Crippen molar-refractivity contribution in [2.24, 2.45) is 17.8 Å². The second kappa shape index (κ2) is 4.94. The van der Waals surface area contributed by atoms with Crippen LogP contribution in [0.5, 0.6) is 5.75 Å². The van der Waals surface area contributed by atoms with Gasteiger partial charge in [0, 0.05) is 6.07 Å². The van der Waals surface area contributed by atoms with Crippen LogP contribution in [0.1, 0.15) is 13.3 Å². The maximum absolute atomic E-state index is 12.6. The molecule has 1 saturated heterocycles. The number of rotatable bonds is 2. The Bertz CT molecular complexity index is 712. The number of nitro benzene ring substituents is 1. The van der Waals surface area contributed by atoms with Crippen LogP contribution in [0.3, 0.4) is 0 Å². The molecule has 0 saturated carbocycles. The summed E-state index contributed by atoms with van der Waals surface area (Å²) in [6, 6.07) is 3.34. The van der Waals surface area contributed by atoms with E-state index in [1.807, 2.05) is 19.1 Å². The molecule has 3 unspecified atom stereocenters. The smallest absolute Gasteiger partial charge is 0.273 e. The predicted molar refractivity (Wildman–Crippen MR) is 77.2 cm³/mol. The van der Waals surface area contributed by atoms with Gasteiger partial charge < -0.3 is 5.11 Å². The fourth-order valence-corrected chi connectivity index (χ4v) is 3.20. The number of hydrogen-bond acceptors (Lipinski definition) is 5. The SMILES string of the molecule is CC1C=CCC2C(=O)N(c3ccc([N+](=O)[O-])cc3O)C(=O)C12. The molecule has 0 spiro atoms. The van der Waals surface area contributed by atoms with Crippen molar-refractivity contribution in [3.05, 3.63) is 40.5 Å². The van der Waals surface area contributed by atoms with Gasteiger partial charge in [-0.15, -0.1) is 0 Å². The third-order valence-electron chi connectivity index (χ3n) is 4.28. The highest BCUT2D eigenvalue weighted by Crippen LogP contribution is 2.43. The molecular weight excluding hydrogens is 288 g/mol. The summed E-state index contributed by atoms with van der Waals surface area (Å²) in [5, 5.41) is 20.7. The van der Waals surface area contributed by atoms with E-state index in [4.69, 9.17) is 0 Å². The molecule has 1 aromatic carbocycles. The van der Waals surface area contributed by atoms with E-state index < -0.39 is 22.5 Å². The van der Waals surface area contributed by atoms with Crippen molar-refractivity contribution in [1.29, 1.82) is 0 Å². The average Bonchev–Trinajstić information content (AvgIpc) is 2.72. The molecule has 1 aromatic rings. The number of nitro groups is 1. The molecule has 0 bridgehead atoms. The first-order valence-electron chi connectivity index (χ1n) is 6.93. The third kappa shape index (κ3) is 1.97. The summed E-state index contributed by atoms with van der Waals surface area (Å²) in [6.07, 6.45) is 4.28. The van der Waals surface area contributed by atoms with E-state index in [0.717, 1.165) is 11.0 Å². The lowest BCUT2D eigenvalue weighted by Gasteiger charge is -2.22. The lowest BCUT2D eigenvalue weighted by atomic mass is 9.78. The van der Waals surface area contributed by atoms with Crippen molar-refractivity contribution in [2.75, 3.05) is 4.90 Å². The predicted octanol–water partition coefficient (Wildman–Crippen LogP) is 2.00. The molecule has 7 heteroatoms. The number of fused-ring (bicyclic) bond motifs is 1. The molecule has 114 valence electrons. The number of amides is 2. The van der Waals surface area contributed by atoms with Crippen molar-refractivity contribution in [2.45, 2.75) is 13.3 Å². The minimum absolute atomic E-state index is 0.00204. The number of carbonyl (C=O) groups excluding carboxylic acids is 2. The Morgan fingerprint density at radius 2 is 2.05 bits per heavy atom. The van der Waals surface area contributed by atoms with E-state index in [9.17, 15) is 24.8 Å². The van der Waals surface area contributed by atoms with Crippen molar-refractivity contribution >= 4 is 23.2 Å². The number of non-ortho nitro benzene ring substituents is 1. The third-order valence-corrected chi connectivity index (χ3v) is 4.28. The molecule has 1 heterocycles. The number of nitrogens with zero attached hydrogens (tertiary/aromatic N) is 2. The van der Waals surface area contributed by atoms with Gasteiger partial charge >= 0.3 is 0 Å². The lowest BCUT2D eigenvalue weighted by molar-refractivity contribution is -0.384. The molecule has 0 radical (unpaired) electrons. The number of phenolic OH excluding ortho intramolecular Hbond substituents is 1. The Morgan fingerprint density at radius 3 is 2.64 bits per heavy atom. The van der Waals surface area contributed by atoms with Crippen LogP contribution >= 0.6 is 0 Å². The molecule has 0 aromatic heterocycles. The second-order valence-electron chi connectivity index (χ2n) is 5.60. The number of carbonyl (C=O) groups is 2. The fraction of sp³-hybridized carbons (Fsp3) is 0.333. The van der Waals surface area contributed by atoms with Crippen molar-refractivity contribution in [1.82, 2.24) is 0 Å². The van der Waals surface area contributed by atoms with Crippen LogP contribution in [0.15, 0.2) is 30.4 Å².